The molecule has 2 aromatic rings. The zero-order chi connectivity index (χ0) is 10.7. The number of primary amides is 1. The van der Waals surface area contributed by atoms with Crippen LogP contribution >= 0.6 is 11.8 Å². The Morgan fingerprint density at radius 2 is 2.20 bits per heavy atom. The van der Waals surface area contributed by atoms with Crippen molar-refractivity contribution in [2.24, 2.45) is 5.73 Å². The van der Waals surface area contributed by atoms with Gasteiger partial charge in [0.15, 0.2) is 0 Å². The van der Waals surface area contributed by atoms with Crippen molar-refractivity contribution in [2.75, 3.05) is 5.75 Å². The van der Waals surface area contributed by atoms with Crippen LogP contribution in [0.1, 0.15) is 4.44 Å². The molecule has 0 bridgehead atoms. The summed E-state index contributed by atoms with van der Waals surface area (Å²) < 4.78 is 2.88. The first-order valence-corrected chi connectivity index (χ1v) is 7.46. The van der Waals surface area contributed by atoms with Crippen LogP contribution in [0.2, 0.25) is 0 Å². The number of fused-ring (bicyclic) bond motifs is 1. The van der Waals surface area contributed by atoms with Crippen LogP contribution < -0.4 is 5.73 Å². The van der Waals surface area contributed by atoms with Crippen molar-refractivity contribution < 1.29 is 4.79 Å². The molecule has 0 saturated carbocycles. The third-order valence-corrected chi connectivity index (χ3v) is 5.72. The van der Waals surface area contributed by atoms with Crippen LogP contribution in [0, 0.1) is 0 Å². The second-order valence-corrected chi connectivity index (χ2v) is 6.65. The molecule has 4 heteroatoms. The molecule has 1 aromatic heterocycles. The Balaban J connectivity index is 2.05. The van der Waals surface area contributed by atoms with E-state index in [9.17, 15) is 4.79 Å². The fourth-order valence-corrected chi connectivity index (χ4v) is 4.71. The Bertz CT molecular complexity index is 447. The fourth-order valence-electron chi connectivity index (χ4n) is 1.36. The molecule has 0 radical (unpaired) electrons. The van der Waals surface area contributed by atoms with E-state index < -0.39 is 0 Å². The Labute approximate surface area is 98.6 Å². The predicted molar refractivity (Wildman–Crippen MR) is 66.2 cm³/mol. The van der Waals surface area contributed by atoms with Gasteiger partial charge in [0.1, 0.15) is 0 Å². The molecular weight excluding hydrogens is 273 g/mol. The Morgan fingerprint density at radius 3 is 2.93 bits per heavy atom. The van der Waals surface area contributed by atoms with Gasteiger partial charge in [0, 0.05) is 0 Å². The average molecular weight is 284 g/mol. The number of amides is 1. The van der Waals surface area contributed by atoms with Gasteiger partial charge in [-0.05, 0) is 0 Å². The van der Waals surface area contributed by atoms with Gasteiger partial charge in [-0.2, -0.15) is 0 Å². The first-order valence-electron chi connectivity index (χ1n) is 4.59. The summed E-state index contributed by atoms with van der Waals surface area (Å²) in [5, 5.41) is 1.34. The van der Waals surface area contributed by atoms with Crippen LogP contribution in [0.4, 0.5) is 0 Å². The number of carbonyl (C=O) groups excluding carboxylic acids is 1. The summed E-state index contributed by atoms with van der Waals surface area (Å²) in [6, 6.07) is 10.7. The molecule has 0 spiro atoms. The van der Waals surface area contributed by atoms with E-state index in [0.717, 1.165) is 5.75 Å². The third kappa shape index (κ3) is 2.88. The van der Waals surface area contributed by atoms with Gasteiger partial charge in [0.25, 0.3) is 0 Å². The van der Waals surface area contributed by atoms with Crippen molar-refractivity contribution in [3.63, 3.8) is 0 Å². The molecule has 0 unspecified atom stereocenters. The summed E-state index contributed by atoms with van der Waals surface area (Å²) in [5.74, 6) is 1.12. The van der Waals surface area contributed by atoms with Gasteiger partial charge >= 0.3 is 98.6 Å². The quantitative estimate of drug-likeness (QED) is 0.867. The molecule has 78 valence electrons. The van der Waals surface area contributed by atoms with E-state index in [1.165, 1.54) is 14.1 Å². The van der Waals surface area contributed by atoms with Gasteiger partial charge in [-0.1, -0.05) is 0 Å². The topological polar surface area (TPSA) is 43.1 Å². The zero-order valence-electron chi connectivity index (χ0n) is 8.10. The first kappa shape index (κ1) is 10.8. The average Bonchev–Trinajstić information content (AvgIpc) is 2.59. The van der Waals surface area contributed by atoms with E-state index in [1.54, 1.807) is 11.8 Å². The molecule has 1 amide bonds. The van der Waals surface area contributed by atoms with Crippen LogP contribution in [-0.2, 0) is 10.5 Å². The molecule has 2 nitrogen and oxygen atoms in total. The van der Waals surface area contributed by atoms with Crippen molar-refractivity contribution in [3.05, 3.63) is 34.8 Å². The molecule has 15 heavy (non-hydrogen) atoms. The molecule has 1 aromatic carbocycles. The van der Waals surface area contributed by atoms with Crippen molar-refractivity contribution in [1.82, 2.24) is 0 Å². The van der Waals surface area contributed by atoms with Gasteiger partial charge in [-0.15, -0.1) is 0 Å². The molecule has 0 atom stereocenters. The summed E-state index contributed by atoms with van der Waals surface area (Å²) in [7, 11) is 0. The van der Waals surface area contributed by atoms with Crippen molar-refractivity contribution in [1.29, 1.82) is 0 Å². The van der Waals surface area contributed by atoms with Gasteiger partial charge in [-0.25, -0.2) is 0 Å². The Hall–Kier alpha value is -0.701. The van der Waals surface area contributed by atoms with Crippen molar-refractivity contribution in [2.45, 2.75) is 5.75 Å². The van der Waals surface area contributed by atoms with Crippen LogP contribution in [0.3, 0.4) is 0 Å². The maximum absolute atomic E-state index is 10.6. The molecule has 2 rings (SSSR count). The van der Waals surface area contributed by atoms with Gasteiger partial charge in [-0.3, -0.25) is 0 Å². The van der Waals surface area contributed by atoms with Gasteiger partial charge in [0.2, 0.25) is 0 Å². The normalized spacial score (nSPS) is 10.7. The fraction of sp³-hybridized carbons (Fsp3) is 0.182. The standard InChI is InChI=1S/C11H11NOSSe/c12-11(13)7-14-6-9-5-8-3-1-2-4-10(8)15-9/h1-5H,6-7H2,(H2,12,13). The van der Waals surface area contributed by atoms with E-state index in [-0.39, 0.29) is 5.91 Å². The van der Waals surface area contributed by atoms with Crippen LogP contribution in [0.25, 0.3) is 9.65 Å². The SMILES string of the molecule is NC(=O)CSCc1cc2ccccc2[se]1. The molecule has 0 fully saturated rings. The van der Waals surface area contributed by atoms with Crippen LogP contribution in [0.15, 0.2) is 30.3 Å². The summed E-state index contributed by atoms with van der Waals surface area (Å²) in [5.41, 5.74) is 5.09. The second kappa shape index (κ2) is 4.88. The number of benzene rings is 1. The van der Waals surface area contributed by atoms with E-state index in [2.05, 4.69) is 30.3 Å². The predicted octanol–water partition coefficient (Wildman–Crippen LogP) is 1.62. The molecule has 1 heterocycles. The monoisotopic (exact) mass is 285 g/mol. The van der Waals surface area contributed by atoms with Crippen LogP contribution in [-0.4, -0.2) is 26.2 Å². The minimum absolute atomic E-state index is 0.233. The molecule has 2 N–H and O–H groups in total. The number of hydrogen-bond donors (Lipinski definition) is 1. The van der Waals surface area contributed by atoms with Gasteiger partial charge < -0.3 is 0 Å². The molecule has 0 saturated heterocycles. The van der Waals surface area contributed by atoms with E-state index >= 15 is 0 Å². The Kier molecular flexibility index (Phi) is 3.52. The van der Waals surface area contributed by atoms with E-state index in [4.69, 9.17) is 5.73 Å². The third-order valence-electron chi connectivity index (χ3n) is 1.97. The van der Waals surface area contributed by atoms with Crippen molar-refractivity contribution >= 4 is 41.8 Å². The maximum atomic E-state index is 10.6. The van der Waals surface area contributed by atoms with Crippen molar-refractivity contribution in [3.8, 4) is 0 Å². The molecule has 0 aliphatic heterocycles. The summed E-state index contributed by atoms with van der Waals surface area (Å²) >= 11 is 2.05. The molecule has 0 aliphatic rings. The summed E-state index contributed by atoms with van der Waals surface area (Å²) in [4.78, 5) is 10.6. The number of hydrogen-bond acceptors (Lipinski definition) is 2. The minimum atomic E-state index is -0.233. The zero-order valence-corrected chi connectivity index (χ0v) is 10.6. The number of nitrogens with two attached hydrogens (primary N) is 1. The number of rotatable bonds is 4. The summed E-state index contributed by atoms with van der Waals surface area (Å²) in [6.45, 7) is 0. The number of thioether (sulfide) groups is 1. The van der Waals surface area contributed by atoms with Gasteiger partial charge in [0.05, 0.1) is 0 Å². The van der Waals surface area contributed by atoms with E-state index in [0.29, 0.717) is 20.3 Å². The molecule has 0 aliphatic carbocycles. The first-order chi connectivity index (χ1) is 7.25. The summed E-state index contributed by atoms with van der Waals surface area (Å²) in [6.07, 6.45) is 0. The number of carbonyl (C=O) groups is 1. The second-order valence-electron chi connectivity index (χ2n) is 3.21. The van der Waals surface area contributed by atoms with E-state index in [1.807, 2.05) is 0 Å². The van der Waals surface area contributed by atoms with Crippen LogP contribution in [0.5, 0.6) is 0 Å². The molecular formula is C11H11NOSSe. The Morgan fingerprint density at radius 1 is 1.40 bits per heavy atom.